The van der Waals surface area contributed by atoms with Crippen LogP contribution >= 0.6 is 34.5 Å². The number of hydrogen-bond acceptors (Lipinski definition) is 5. The molecule has 0 saturated carbocycles. The molecule has 0 saturated heterocycles. The van der Waals surface area contributed by atoms with Gasteiger partial charge in [-0.05, 0) is 38.0 Å². The zero-order chi connectivity index (χ0) is 26.1. The molecule has 2 aromatic carbocycles. The van der Waals surface area contributed by atoms with Crippen LogP contribution in [0.15, 0.2) is 41.8 Å². The highest BCUT2D eigenvalue weighted by atomic mass is 35.5. The van der Waals surface area contributed by atoms with Gasteiger partial charge in [0.25, 0.3) is 5.91 Å². The highest BCUT2D eigenvalue weighted by Crippen LogP contribution is 2.38. The van der Waals surface area contributed by atoms with Gasteiger partial charge in [0.2, 0.25) is 0 Å². The molecular weight excluding hydrogens is 517 g/mol. The second kappa shape index (κ2) is 13.7. The zero-order valence-corrected chi connectivity index (χ0v) is 23.1. The summed E-state index contributed by atoms with van der Waals surface area (Å²) in [6.07, 6.45) is 5.55. The lowest BCUT2D eigenvalue weighted by Gasteiger charge is -2.12. The van der Waals surface area contributed by atoms with Gasteiger partial charge in [-0.15, -0.1) is 11.3 Å². The van der Waals surface area contributed by atoms with Gasteiger partial charge in [-0.2, -0.15) is 0 Å². The number of aryl methyl sites for hydroxylation is 1. The number of anilines is 1. The van der Waals surface area contributed by atoms with E-state index in [1.54, 1.807) is 6.92 Å². The third-order valence-corrected chi connectivity index (χ3v) is 7.07. The SMILES string of the molecule is CCCCCCCOc1c(Cl)cc(C(=O)Nc2scc(-c3ccc(C)cc3)c2C(=O)OCC)cc1Cl. The van der Waals surface area contributed by atoms with E-state index in [1.807, 2.05) is 36.6 Å². The number of carbonyl (C=O) groups is 2. The van der Waals surface area contributed by atoms with Crippen LogP contribution in [-0.2, 0) is 4.74 Å². The number of carbonyl (C=O) groups excluding carboxylic acids is 2. The summed E-state index contributed by atoms with van der Waals surface area (Å²) in [6.45, 7) is 6.64. The summed E-state index contributed by atoms with van der Waals surface area (Å²) in [5.74, 6) is -0.563. The van der Waals surface area contributed by atoms with Crippen LogP contribution in [0.4, 0.5) is 5.00 Å². The van der Waals surface area contributed by atoms with Crippen LogP contribution in [0.5, 0.6) is 5.75 Å². The Hall–Kier alpha value is -2.54. The van der Waals surface area contributed by atoms with Crippen molar-refractivity contribution < 1.29 is 19.1 Å². The maximum absolute atomic E-state index is 13.1. The van der Waals surface area contributed by atoms with E-state index >= 15 is 0 Å². The van der Waals surface area contributed by atoms with E-state index in [2.05, 4.69) is 12.2 Å². The quantitative estimate of drug-likeness (QED) is 0.181. The molecule has 1 heterocycles. The van der Waals surface area contributed by atoms with Crippen LogP contribution in [0.1, 0.15) is 72.2 Å². The summed E-state index contributed by atoms with van der Waals surface area (Å²) < 4.78 is 11.1. The van der Waals surface area contributed by atoms with Crippen molar-refractivity contribution in [2.24, 2.45) is 0 Å². The molecule has 0 atom stereocenters. The molecule has 0 aliphatic heterocycles. The molecule has 0 spiro atoms. The molecule has 36 heavy (non-hydrogen) atoms. The van der Waals surface area contributed by atoms with Crippen LogP contribution < -0.4 is 10.1 Å². The van der Waals surface area contributed by atoms with E-state index in [-0.39, 0.29) is 22.2 Å². The van der Waals surface area contributed by atoms with Crippen molar-refractivity contribution in [2.75, 3.05) is 18.5 Å². The Morgan fingerprint density at radius 1 is 0.972 bits per heavy atom. The molecule has 1 amide bonds. The third-order valence-electron chi connectivity index (χ3n) is 5.61. The molecule has 0 fully saturated rings. The van der Waals surface area contributed by atoms with E-state index < -0.39 is 11.9 Å². The first-order chi connectivity index (χ1) is 17.3. The summed E-state index contributed by atoms with van der Waals surface area (Å²) in [4.78, 5) is 25.9. The second-order valence-electron chi connectivity index (χ2n) is 8.43. The minimum Gasteiger partial charge on any atom is -0.490 e. The number of amides is 1. The minimum atomic E-state index is -0.497. The number of halogens is 2. The van der Waals surface area contributed by atoms with Crippen molar-refractivity contribution in [3.63, 3.8) is 0 Å². The number of ether oxygens (including phenoxy) is 2. The topological polar surface area (TPSA) is 64.6 Å². The monoisotopic (exact) mass is 547 g/mol. The summed E-state index contributed by atoms with van der Waals surface area (Å²) in [6, 6.07) is 10.9. The fourth-order valence-electron chi connectivity index (χ4n) is 3.69. The Morgan fingerprint density at radius 2 is 1.64 bits per heavy atom. The molecular formula is C28H31Cl2NO4S. The van der Waals surface area contributed by atoms with E-state index in [1.165, 1.54) is 42.7 Å². The normalized spacial score (nSPS) is 10.8. The average Bonchev–Trinajstić information content (AvgIpc) is 3.26. The molecule has 3 rings (SSSR count). The first-order valence-corrected chi connectivity index (χ1v) is 13.8. The molecule has 0 aliphatic carbocycles. The molecule has 3 aromatic rings. The number of thiophene rings is 1. The van der Waals surface area contributed by atoms with Crippen molar-refractivity contribution in [2.45, 2.75) is 52.9 Å². The van der Waals surface area contributed by atoms with Crippen LogP contribution in [0.3, 0.4) is 0 Å². The summed E-state index contributed by atoms with van der Waals surface area (Å²) in [5, 5.41) is 5.59. The number of nitrogens with one attached hydrogen (secondary N) is 1. The molecule has 5 nitrogen and oxygen atoms in total. The van der Waals surface area contributed by atoms with Crippen LogP contribution in [0.2, 0.25) is 10.0 Å². The second-order valence-corrected chi connectivity index (χ2v) is 10.1. The Kier molecular flexibility index (Phi) is 10.7. The molecule has 0 bridgehead atoms. The lowest BCUT2D eigenvalue weighted by molar-refractivity contribution is 0.0529. The van der Waals surface area contributed by atoms with Gasteiger partial charge in [-0.1, -0.05) is 85.6 Å². The number of benzene rings is 2. The number of hydrogen-bond donors (Lipinski definition) is 1. The molecule has 0 unspecified atom stereocenters. The van der Waals surface area contributed by atoms with Crippen molar-refractivity contribution in [3.05, 3.63) is 68.5 Å². The molecule has 8 heteroatoms. The molecule has 1 N–H and O–H groups in total. The first-order valence-electron chi connectivity index (χ1n) is 12.1. The first kappa shape index (κ1) is 28.0. The fourth-order valence-corrected chi connectivity index (χ4v) is 5.23. The number of unbranched alkanes of at least 4 members (excludes halogenated alkanes) is 4. The highest BCUT2D eigenvalue weighted by molar-refractivity contribution is 7.15. The van der Waals surface area contributed by atoms with Gasteiger partial charge >= 0.3 is 5.97 Å². The standard InChI is InChI=1S/C28H31Cl2NO4S/c1-4-6-7-8-9-14-35-25-22(29)15-20(16-23(25)30)26(32)31-27-24(28(33)34-5-2)21(17-36-27)19-12-10-18(3)11-13-19/h10-13,15-17H,4-9,14H2,1-3H3,(H,31,32). The maximum Gasteiger partial charge on any atom is 0.341 e. The van der Waals surface area contributed by atoms with Crippen molar-refractivity contribution in [1.82, 2.24) is 0 Å². The Bertz CT molecular complexity index is 1170. The van der Waals surface area contributed by atoms with Crippen LogP contribution in [-0.4, -0.2) is 25.1 Å². The van der Waals surface area contributed by atoms with E-state index in [4.69, 9.17) is 32.7 Å². The molecule has 0 radical (unpaired) electrons. The smallest absolute Gasteiger partial charge is 0.341 e. The highest BCUT2D eigenvalue weighted by Gasteiger charge is 2.24. The van der Waals surface area contributed by atoms with Gasteiger partial charge in [-0.25, -0.2) is 4.79 Å². The van der Waals surface area contributed by atoms with Gasteiger partial charge in [0, 0.05) is 16.5 Å². The van der Waals surface area contributed by atoms with E-state index in [9.17, 15) is 9.59 Å². The number of esters is 1. The largest absolute Gasteiger partial charge is 0.490 e. The Morgan fingerprint density at radius 3 is 2.28 bits per heavy atom. The minimum absolute atomic E-state index is 0.223. The predicted octanol–water partition coefficient (Wildman–Crippen LogP) is 8.81. The van der Waals surface area contributed by atoms with Gasteiger partial charge in [0.1, 0.15) is 10.6 Å². The van der Waals surface area contributed by atoms with Gasteiger partial charge in [-0.3, -0.25) is 4.79 Å². The van der Waals surface area contributed by atoms with Crippen LogP contribution in [0.25, 0.3) is 11.1 Å². The van der Waals surface area contributed by atoms with E-state index in [0.29, 0.717) is 28.5 Å². The average molecular weight is 549 g/mol. The van der Waals surface area contributed by atoms with Gasteiger partial charge < -0.3 is 14.8 Å². The molecule has 0 aliphatic rings. The summed E-state index contributed by atoms with van der Waals surface area (Å²) in [7, 11) is 0. The maximum atomic E-state index is 13.1. The van der Waals surface area contributed by atoms with Gasteiger partial charge in [0.15, 0.2) is 5.75 Å². The Labute approximate surface area is 226 Å². The van der Waals surface area contributed by atoms with Crippen molar-refractivity contribution in [3.8, 4) is 16.9 Å². The van der Waals surface area contributed by atoms with Crippen LogP contribution in [0, 0.1) is 6.92 Å². The molecule has 1 aromatic heterocycles. The van der Waals surface area contributed by atoms with Crippen molar-refractivity contribution >= 4 is 51.4 Å². The van der Waals surface area contributed by atoms with Crippen molar-refractivity contribution in [1.29, 1.82) is 0 Å². The fraction of sp³-hybridized carbons (Fsp3) is 0.357. The lowest BCUT2D eigenvalue weighted by Crippen LogP contribution is -2.15. The summed E-state index contributed by atoms with van der Waals surface area (Å²) in [5.41, 5.74) is 3.26. The third kappa shape index (κ3) is 7.25. The lowest BCUT2D eigenvalue weighted by atomic mass is 10.0. The number of rotatable bonds is 12. The van der Waals surface area contributed by atoms with E-state index in [0.717, 1.165) is 24.0 Å². The molecule has 192 valence electrons. The summed E-state index contributed by atoms with van der Waals surface area (Å²) >= 11 is 14.1. The predicted molar refractivity (Wildman–Crippen MR) is 149 cm³/mol. The zero-order valence-electron chi connectivity index (χ0n) is 20.8. The van der Waals surface area contributed by atoms with Gasteiger partial charge in [0.05, 0.1) is 23.3 Å². The Balaban J connectivity index is 1.78.